The van der Waals surface area contributed by atoms with Crippen LogP contribution >= 0.6 is 0 Å². The van der Waals surface area contributed by atoms with Crippen molar-refractivity contribution >= 4 is 23.6 Å². The van der Waals surface area contributed by atoms with E-state index < -0.39 is 18.4 Å². The Hall–Kier alpha value is -3.28. The highest BCUT2D eigenvalue weighted by atomic mass is 16.5. The number of carbonyl (C=O) groups excluding carboxylic acids is 1. The van der Waals surface area contributed by atoms with Crippen molar-refractivity contribution in [2.24, 2.45) is 0 Å². The fourth-order valence-electron chi connectivity index (χ4n) is 3.59. The van der Waals surface area contributed by atoms with Gasteiger partial charge in [-0.05, 0) is 46.7 Å². The lowest BCUT2D eigenvalue weighted by Crippen LogP contribution is -2.40. The SMILES string of the molecule is CC(C)(C)c1cc(/C=C2\Oc3ccccc3N(CC(=O)O)C2=O)cc(C(C)(C)C)c1O. The number of amides is 1. The predicted molar refractivity (Wildman–Crippen MR) is 121 cm³/mol. The van der Waals surface area contributed by atoms with Gasteiger partial charge in [-0.1, -0.05) is 53.7 Å². The van der Waals surface area contributed by atoms with Gasteiger partial charge in [0.05, 0.1) is 5.69 Å². The van der Waals surface area contributed by atoms with Gasteiger partial charge in [0, 0.05) is 11.1 Å². The number of anilines is 1. The third-order valence-corrected chi connectivity index (χ3v) is 5.17. The van der Waals surface area contributed by atoms with Crippen molar-refractivity contribution in [1.82, 2.24) is 0 Å². The largest absolute Gasteiger partial charge is 0.507 e. The number of phenols is 1. The van der Waals surface area contributed by atoms with Gasteiger partial charge >= 0.3 is 5.97 Å². The lowest BCUT2D eigenvalue weighted by molar-refractivity contribution is -0.136. The number of benzene rings is 2. The number of para-hydroxylation sites is 2. The molecule has 31 heavy (non-hydrogen) atoms. The molecular formula is C25H29NO5. The minimum absolute atomic E-state index is 0.0327. The number of carboxylic acids is 1. The Morgan fingerprint density at radius 2 is 1.58 bits per heavy atom. The summed E-state index contributed by atoms with van der Waals surface area (Å²) in [5, 5.41) is 20.2. The van der Waals surface area contributed by atoms with E-state index in [4.69, 9.17) is 4.74 Å². The molecule has 0 aliphatic carbocycles. The number of nitrogens with zero attached hydrogens (tertiary/aromatic N) is 1. The maximum absolute atomic E-state index is 13.1. The second-order valence-corrected chi connectivity index (χ2v) is 9.83. The van der Waals surface area contributed by atoms with E-state index in [-0.39, 0.29) is 22.3 Å². The first-order valence-corrected chi connectivity index (χ1v) is 10.2. The highest BCUT2D eigenvalue weighted by Gasteiger charge is 2.32. The summed E-state index contributed by atoms with van der Waals surface area (Å²) in [7, 11) is 0. The molecule has 6 nitrogen and oxygen atoms in total. The Balaban J connectivity index is 2.17. The fourth-order valence-corrected chi connectivity index (χ4v) is 3.59. The Kier molecular flexibility index (Phi) is 5.61. The topological polar surface area (TPSA) is 87.1 Å². The number of hydrogen-bond acceptors (Lipinski definition) is 4. The minimum atomic E-state index is -1.11. The number of phenolic OH excluding ortho intramolecular Hbond substituents is 1. The number of fused-ring (bicyclic) bond motifs is 1. The molecule has 0 fully saturated rings. The number of carbonyl (C=O) groups is 2. The van der Waals surface area contributed by atoms with Crippen LogP contribution in [-0.4, -0.2) is 28.6 Å². The number of aromatic hydroxyl groups is 1. The average molecular weight is 424 g/mol. The van der Waals surface area contributed by atoms with Gasteiger partial charge < -0.3 is 14.9 Å². The predicted octanol–water partition coefficient (Wildman–Crippen LogP) is 4.84. The molecule has 0 spiro atoms. The monoisotopic (exact) mass is 423 g/mol. The molecule has 1 aliphatic heterocycles. The number of hydrogen-bond donors (Lipinski definition) is 2. The summed E-state index contributed by atoms with van der Waals surface area (Å²) in [4.78, 5) is 25.6. The van der Waals surface area contributed by atoms with Gasteiger partial charge in [0.25, 0.3) is 5.91 Å². The molecule has 2 aromatic carbocycles. The Bertz CT molecular complexity index is 1040. The zero-order valence-corrected chi connectivity index (χ0v) is 18.8. The number of rotatable bonds is 3. The first-order valence-electron chi connectivity index (χ1n) is 10.2. The van der Waals surface area contributed by atoms with Crippen LogP contribution in [0.2, 0.25) is 0 Å². The second-order valence-electron chi connectivity index (χ2n) is 9.83. The van der Waals surface area contributed by atoms with Gasteiger partial charge in [-0.15, -0.1) is 0 Å². The molecule has 2 N–H and O–H groups in total. The molecule has 0 saturated heterocycles. The zero-order valence-electron chi connectivity index (χ0n) is 18.8. The Labute approximate surface area is 182 Å². The summed E-state index contributed by atoms with van der Waals surface area (Å²) in [6, 6.07) is 10.5. The summed E-state index contributed by atoms with van der Waals surface area (Å²) < 4.78 is 5.86. The van der Waals surface area contributed by atoms with Crippen molar-refractivity contribution in [3.63, 3.8) is 0 Å². The van der Waals surface area contributed by atoms with E-state index in [9.17, 15) is 19.8 Å². The van der Waals surface area contributed by atoms with Crippen LogP contribution in [0.1, 0.15) is 58.2 Å². The first-order chi connectivity index (χ1) is 14.3. The van der Waals surface area contributed by atoms with E-state index in [1.54, 1.807) is 30.3 Å². The normalized spacial score (nSPS) is 15.6. The van der Waals surface area contributed by atoms with Crippen LogP contribution in [0.5, 0.6) is 11.5 Å². The quantitative estimate of drug-likeness (QED) is 0.690. The molecule has 0 bridgehead atoms. The third kappa shape index (κ3) is 4.58. The van der Waals surface area contributed by atoms with Crippen LogP contribution in [0.4, 0.5) is 5.69 Å². The van der Waals surface area contributed by atoms with Gasteiger partial charge in [-0.25, -0.2) is 0 Å². The fraction of sp³-hybridized carbons (Fsp3) is 0.360. The minimum Gasteiger partial charge on any atom is -0.507 e. The van der Waals surface area contributed by atoms with Crippen molar-refractivity contribution in [2.45, 2.75) is 52.4 Å². The molecule has 0 atom stereocenters. The standard InChI is InChI=1S/C25H29NO5/c1-24(2,3)16-11-15(12-17(22(16)29)25(4,5)6)13-20-23(30)26(14-21(27)28)18-9-7-8-10-19(18)31-20/h7-13,29H,14H2,1-6H3,(H,27,28)/b20-13-. The summed E-state index contributed by atoms with van der Waals surface area (Å²) in [6.45, 7) is 11.6. The third-order valence-electron chi connectivity index (χ3n) is 5.17. The van der Waals surface area contributed by atoms with Crippen molar-refractivity contribution in [1.29, 1.82) is 0 Å². The van der Waals surface area contributed by atoms with E-state index in [1.165, 1.54) is 4.90 Å². The highest BCUT2D eigenvalue weighted by Crippen LogP contribution is 2.41. The van der Waals surface area contributed by atoms with Crippen LogP contribution in [-0.2, 0) is 20.4 Å². The van der Waals surface area contributed by atoms with Gasteiger partial charge in [0.2, 0.25) is 0 Å². The summed E-state index contributed by atoms with van der Waals surface area (Å²) in [5.74, 6) is -0.940. The van der Waals surface area contributed by atoms with Gasteiger partial charge in [-0.2, -0.15) is 0 Å². The molecule has 1 heterocycles. The number of carboxylic acid groups (broad SMARTS) is 1. The zero-order chi connectivity index (χ0) is 23.1. The summed E-state index contributed by atoms with van der Waals surface area (Å²) in [6.07, 6.45) is 1.61. The van der Waals surface area contributed by atoms with Gasteiger partial charge in [0.15, 0.2) is 11.5 Å². The van der Waals surface area contributed by atoms with E-state index in [0.717, 1.165) is 11.1 Å². The van der Waals surface area contributed by atoms with Crippen molar-refractivity contribution in [2.75, 3.05) is 11.4 Å². The van der Waals surface area contributed by atoms with Gasteiger partial charge in [0.1, 0.15) is 12.3 Å². The molecule has 3 rings (SSSR count). The molecular weight excluding hydrogens is 394 g/mol. The maximum atomic E-state index is 13.1. The Morgan fingerprint density at radius 3 is 2.10 bits per heavy atom. The Morgan fingerprint density at radius 1 is 1.03 bits per heavy atom. The van der Waals surface area contributed by atoms with Crippen LogP contribution in [0.3, 0.4) is 0 Å². The number of ether oxygens (including phenoxy) is 1. The van der Waals surface area contributed by atoms with Crippen molar-refractivity contribution in [3.8, 4) is 11.5 Å². The smallest absolute Gasteiger partial charge is 0.323 e. The molecule has 0 unspecified atom stereocenters. The van der Waals surface area contributed by atoms with Crippen molar-refractivity contribution < 1.29 is 24.5 Å². The summed E-state index contributed by atoms with van der Waals surface area (Å²) in [5.41, 5.74) is 2.00. The summed E-state index contributed by atoms with van der Waals surface area (Å²) >= 11 is 0. The molecule has 6 heteroatoms. The lowest BCUT2D eigenvalue weighted by Gasteiger charge is -2.30. The molecule has 0 saturated carbocycles. The average Bonchev–Trinajstić information content (AvgIpc) is 2.64. The van der Waals surface area contributed by atoms with Crippen LogP contribution in [0.15, 0.2) is 42.2 Å². The molecule has 164 valence electrons. The molecule has 0 radical (unpaired) electrons. The molecule has 1 amide bonds. The molecule has 2 aromatic rings. The second kappa shape index (κ2) is 7.76. The van der Waals surface area contributed by atoms with E-state index in [2.05, 4.69) is 0 Å². The molecule has 1 aliphatic rings. The van der Waals surface area contributed by atoms with E-state index in [1.807, 2.05) is 53.7 Å². The van der Waals surface area contributed by atoms with Gasteiger partial charge in [-0.3, -0.25) is 14.5 Å². The first kappa shape index (κ1) is 22.4. The van der Waals surface area contributed by atoms with E-state index in [0.29, 0.717) is 17.0 Å². The van der Waals surface area contributed by atoms with Crippen molar-refractivity contribution in [3.05, 3.63) is 58.8 Å². The van der Waals surface area contributed by atoms with Crippen LogP contribution in [0, 0.1) is 0 Å². The maximum Gasteiger partial charge on any atom is 0.323 e. The molecule has 0 aromatic heterocycles. The number of aliphatic carboxylic acids is 1. The highest BCUT2D eigenvalue weighted by molar-refractivity contribution is 6.11. The van der Waals surface area contributed by atoms with Crippen LogP contribution in [0.25, 0.3) is 6.08 Å². The lowest BCUT2D eigenvalue weighted by atomic mass is 9.78. The van der Waals surface area contributed by atoms with E-state index >= 15 is 0 Å². The van der Waals surface area contributed by atoms with Crippen LogP contribution < -0.4 is 9.64 Å².